The van der Waals surface area contributed by atoms with Crippen LogP contribution in [-0.4, -0.2) is 131 Å². The van der Waals surface area contributed by atoms with Gasteiger partial charge in [-0.25, -0.2) is 0 Å². The smallest absolute Gasteiger partial charge is 0.247 e. The van der Waals surface area contributed by atoms with E-state index in [1.807, 2.05) is 48.5 Å². The summed E-state index contributed by atoms with van der Waals surface area (Å²) in [6.45, 7) is 15.4. The molecule has 1 rings (SSSR count). The third-order valence-corrected chi connectivity index (χ3v) is 8.82. The third-order valence-electron chi connectivity index (χ3n) is 8.82. The zero-order valence-corrected chi connectivity index (χ0v) is 32.2. The fourth-order valence-corrected chi connectivity index (χ4v) is 5.81. The van der Waals surface area contributed by atoms with E-state index in [1.165, 1.54) is 30.8 Å². The van der Waals surface area contributed by atoms with Gasteiger partial charge in [0.1, 0.15) is 36.5 Å². The second-order valence-electron chi connectivity index (χ2n) is 15.5. The number of nitrogens with one attached hydrogen (secondary N) is 2. The van der Waals surface area contributed by atoms with E-state index in [2.05, 4.69) is 10.6 Å². The average molecular weight is 711 g/mol. The Labute approximate surface area is 299 Å². The number of amides is 5. The Kier molecular flexibility index (Phi) is 19.1. The summed E-state index contributed by atoms with van der Waals surface area (Å²) in [5.74, 6) is -2.55. The molecule has 5 amide bonds. The molecule has 1 saturated heterocycles. The quantitative estimate of drug-likeness (QED) is 0.107. The van der Waals surface area contributed by atoms with Crippen molar-refractivity contribution in [3.8, 4) is 0 Å². The number of unbranched alkanes of at least 4 members (excludes halogenated alkanes) is 1. The number of carbonyl (C=O) groups excluding carboxylic acids is 6. The van der Waals surface area contributed by atoms with E-state index in [9.17, 15) is 33.9 Å². The molecular formula is C36H66N6O8. The SMILES string of the molecule is CC(C)C[C@@H](C(=O)N[C@@H](CCCC=O)C(=O)N1CCCCC1)N(C)C(=O)[C@H](COC(C)(C)C)NC(=O)[C@H](CC(C)C)N(C)C(=O)[C@@H](N)[C@@H](C)O. The predicted molar refractivity (Wildman–Crippen MR) is 192 cm³/mol. The maximum atomic E-state index is 14.3. The monoisotopic (exact) mass is 710 g/mol. The van der Waals surface area contributed by atoms with Gasteiger partial charge in [0.2, 0.25) is 29.5 Å². The molecule has 288 valence electrons. The van der Waals surface area contributed by atoms with Gasteiger partial charge < -0.3 is 45.7 Å². The number of nitrogens with two attached hydrogens (primary N) is 1. The van der Waals surface area contributed by atoms with E-state index in [0.29, 0.717) is 19.5 Å². The normalized spacial score (nSPS) is 17.3. The molecular weight excluding hydrogens is 644 g/mol. The van der Waals surface area contributed by atoms with E-state index < -0.39 is 65.5 Å². The molecule has 0 unspecified atom stereocenters. The van der Waals surface area contributed by atoms with Gasteiger partial charge in [-0.1, -0.05) is 27.7 Å². The van der Waals surface area contributed by atoms with Gasteiger partial charge in [0, 0.05) is 33.6 Å². The van der Waals surface area contributed by atoms with Crippen LogP contribution in [0.5, 0.6) is 0 Å². The molecule has 0 aliphatic carbocycles. The molecule has 0 aromatic carbocycles. The van der Waals surface area contributed by atoms with Crippen LogP contribution in [0.2, 0.25) is 0 Å². The topological polar surface area (TPSA) is 192 Å². The van der Waals surface area contributed by atoms with Crippen LogP contribution in [0.3, 0.4) is 0 Å². The minimum Gasteiger partial charge on any atom is -0.391 e. The number of hydrogen-bond donors (Lipinski definition) is 4. The molecule has 6 atom stereocenters. The highest BCUT2D eigenvalue weighted by atomic mass is 16.5. The summed E-state index contributed by atoms with van der Waals surface area (Å²) < 4.78 is 5.97. The maximum Gasteiger partial charge on any atom is 0.247 e. The van der Waals surface area contributed by atoms with E-state index >= 15 is 0 Å². The molecule has 5 N–H and O–H groups in total. The Morgan fingerprint density at radius 1 is 0.840 bits per heavy atom. The minimum absolute atomic E-state index is 0.0145. The first-order valence-electron chi connectivity index (χ1n) is 18.2. The van der Waals surface area contributed by atoms with E-state index in [0.717, 1.165) is 25.5 Å². The van der Waals surface area contributed by atoms with Crippen LogP contribution in [0, 0.1) is 11.8 Å². The van der Waals surface area contributed by atoms with Crippen LogP contribution in [-0.2, 0) is 33.5 Å². The van der Waals surface area contributed by atoms with Crippen LogP contribution >= 0.6 is 0 Å². The van der Waals surface area contributed by atoms with Crippen molar-refractivity contribution in [3.63, 3.8) is 0 Å². The standard InChI is InChI=1S/C36H66N6O8/c1-23(2)20-28(31(45)38-26(16-12-15-19-43)34(48)42-17-13-11-14-18-42)40(9)33(47)27(22-50-36(6,7)8)39-32(46)29(21-24(3)4)41(10)35(49)30(37)25(5)44/h19,23-30,44H,11-18,20-22,37H2,1-10H3,(H,38,45)(H,39,46)/t25-,26+,27+,28+,29+,30+/m1/s1. The van der Waals surface area contributed by atoms with Crippen molar-refractivity contribution in [2.75, 3.05) is 33.8 Å². The Balaban J connectivity index is 3.42. The van der Waals surface area contributed by atoms with Gasteiger partial charge in [-0.3, -0.25) is 24.0 Å². The summed E-state index contributed by atoms with van der Waals surface area (Å²) in [7, 11) is 2.92. The Morgan fingerprint density at radius 3 is 1.76 bits per heavy atom. The number of aldehydes is 1. The van der Waals surface area contributed by atoms with Gasteiger partial charge >= 0.3 is 0 Å². The highest BCUT2D eigenvalue weighted by molar-refractivity contribution is 5.96. The number of ether oxygens (including phenoxy) is 1. The fraction of sp³-hybridized carbons (Fsp3) is 0.833. The van der Waals surface area contributed by atoms with Gasteiger partial charge in [0.05, 0.1) is 18.3 Å². The fourth-order valence-electron chi connectivity index (χ4n) is 5.81. The maximum absolute atomic E-state index is 14.3. The van der Waals surface area contributed by atoms with Gasteiger partial charge in [-0.2, -0.15) is 0 Å². The van der Waals surface area contributed by atoms with Crippen LogP contribution in [0.25, 0.3) is 0 Å². The van der Waals surface area contributed by atoms with Crippen molar-refractivity contribution in [1.82, 2.24) is 25.3 Å². The average Bonchev–Trinajstić information content (AvgIpc) is 3.05. The number of hydrogen-bond acceptors (Lipinski definition) is 9. The largest absolute Gasteiger partial charge is 0.391 e. The van der Waals surface area contributed by atoms with E-state index in [4.69, 9.17) is 10.5 Å². The van der Waals surface area contributed by atoms with Crippen molar-refractivity contribution in [1.29, 1.82) is 0 Å². The molecule has 0 bridgehead atoms. The summed E-state index contributed by atoms with van der Waals surface area (Å²) in [4.78, 5) is 84.0. The van der Waals surface area contributed by atoms with Crippen molar-refractivity contribution in [2.24, 2.45) is 17.6 Å². The zero-order chi connectivity index (χ0) is 38.3. The molecule has 14 nitrogen and oxygen atoms in total. The molecule has 14 heteroatoms. The lowest BCUT2D eigenvalue weighted by molar-refractivity contribution is -0.148. The second-order valence-corrected chi connectivity index (χ2v) is 15.5. The summed E-state index contributed by atoms with van der Waals surface area (Å²) in [6.07, 6.45) is 3.94. The lowest BCUT2D eigenvalue weighted by Gasteiger charge is -2.36. The number of rotatable bonds is 20. The number of aliphatic hydroxyl groups excluding tert-OH is 1. The van der Waals surface area contributed by atoms with Gasteiger partial charge in [-0.15, -0.1) is 0 Å². The van der Waals surface area contributed by atoms with Gasteiger partial charge in [0.25, 0.3) is 0 Å². The molecule has 0 aromatic rings. The van der Waals surface area contributed by atoms with Crippen molar-refractivity contribution in [3.05, 3.63) is 0 Å². The molecule has 0 aromatic heterocycles. The number of piperidine rings is 1. The molecule has 1 aliphatic rings. The van der Waals surface area contributed by atoms with Crippen LogP contribution in [0.15, 0.2) is 0 Å². The first-order chi connectivity index (χ1) is 23.2. The Morgan fingerprint density at radius 2 is 1.32 bits per heavy atom. The summed E-state index contributed by atoms with van der Waals surface area (Å²) in [6, 6.07) is -5.31. The highest BCUT2D eigenvalue weighted by Crippen LogP contribution is 2.18. The summed E-state index contributed by atoms with van der Waals surface area (Å²) in [5.41, 5.74) is 5.24. The molecule has 1 fully saturated rings. The lowest BCUT2D eigenvalue weighted by Crippen LogP contribution is -2.61. The van der Waals surface area contributed by atoms with Crippen molar-refractivity contribution in [2.45, 2.75) is 149 Å². The molecule has 50 heavy (non-hydrogen) atoms. The van der Waals surface area contributed by atoms with Crippen LogP contribution in [0.4, 0.5) is 0 Å². The summed E-state index contributed by atoms with van der Waals surface area (Å²) in [5, 5.41) is 15.6. The lowest BCUT2D eigenvalue weighted by atomic mass is 9.99. The van der Waals surface area contributed by atoms with Crippen molar-refractivity contribution < 1.29 is 38.6 Å². The molecule has 0 saturated carbocycles. The Bertz CT molecular complexity index is 1120. The number of aliphatic hydroxyl groups is 1. The minimum atomic E-state index is -1.24. The third kappa shape index (κ3) is 15.0. The predicted octanol–water partition coefficient (Wildman–Crippen LogP) is 1.61. The zero-order valence-electron chi connectivity index (χ0n) is 32.2. The Hall–Kier alpha value is -3.10. The van der Waals surface area contributed by atoms with E-state index in [-0.39, 0.29) is 50.0 Å². The van der Waals surface area contributed by atoms with Gasteiger partial charge in [-0.05, 0) is 84.5 Å². The second kappa shape index (κ2) is 21.3. The van der Waals surface area contributed by atoms with Crippen LogP contribution < -0.4 is 16.4 Å². The molecule has 0 radical (unpaired) electrons. The molecule has 0 spiro atoms. The van der Waals surface area contributed by atoms with E-state index in [1.54, 1.807) is 4.90 Å². The molecule has 1 aliphatic heterocycles. The first-order valence-corrected chi connectivity index (χ1v) is 18.2. The number of likely N-dealkylation sites (N-methyl/N-ethyl adjacent to an activating group) is 2. The molecule has 1 heterocycles. The van der Waals surface area contributed by atoms with Gasteiger partial charge in [0.15, 0.2) is 0 Å². The first kappa shape index (κ1) is 44.9. The summed E-state index contributed by atoms with van der Waals surface area (Å²) >= 11 is 0. The highest BCUT2D eigenvalue weighted by Gasteiger charge is 2.38. The number of carbonyl (C=O) groups is 6. The number of nitrogens with zero attached hydrogens (tertiary/aromatic N) is 3. The van der Waals surface area contributed by atoms with Crippen LogP contribution in [0.1, 0.15) is 107 Å². The van der Waals surface area contributed by atoms with Crippen molar-refractivity contribution >= 4 is 35.8 Å². The number of likely N-dealkylation sites (tertiary alicyclic amines) is 1.